The molecule has 0 bridgehead atoms. The molecule has 23 heavy (non-hydrogen) atoms. The molecule has 0 saturated carbocycles. The van der Waals surface area contributed by atoms with Crippen LogP contribution < -0.4 is 19.9 Å². The zero-order chi connectivity index (χ0) is 17.0. The molecule has 0 radical (unpaired) electrons. The maximum absolute atomic E-state index is 12.2. The molecule has 1 amide bonds. The van der Waals surface area contributed by atoms with Crippen molar-refractivity contribution in [3.63, 3.8) is 0 Å². The average Bonchev–Trinajstić information content (AvgIpc) is 2.56. The Morgan fingerprint density at radius 3 is 2.17 bits per heavy atom. The van der Waals surface area contributed by atoms with E-state index >= 15 is 0 Å². The van der Waals surface area contributed by atoms with Crippen molar-refractivity contribution in [1.82, 2.24) is 0 Å². The van der Waals surface area contributed by atoms with E-state index in [0.717, 1.165) is 0 Å². The molecule has 0 heterocycles. The number of carbonyl (C=O) groups is 2. The van der Waals surface area contributed by atoms with Crippen molar-refractivity contribution in [2.75, 3.05) is 14.2 Å². The van der Waals surface area contributed by atoms with Gasteiger partial charge in [-0.3, -0.25) is 4.79 Å². The minimum atomic E-state index is -0.668. The van der Waals surface area contributed by atoms with Gasteiger partial charge in [-0.25, -0.2) is 4.79 Å². The summed E-state index contributed by atoms with van der Waals surface area (Å²) in [5.74, 6) is -0.533. The fourth-order valence-electron chi connectivity index (χ4n) is 1.84. The molecule has 2 rings (SSSR count). The molecule has 7 heteroatoms. The van der Waals surface area contributed by atoms with Crippen LogP contribution in [-0.2, 0) is 0 Å². The Bertz CT molecular complexity index is 743. The molecular weight excluding hydrogens is 322 g/mol. The summed E-state index contributed by atoms with van der Waals surface area (Å²) in [6, 6.07) is 9.03. The highest BCUT2D eigenvalue weighted by molar-refractivity contribution is 6.33. The van der Waals surface area contributed by atoms with Crippen molar-refractivity contribution in [3.05, 3.63) is 52.5 Å². The molecule has 0 aliphatic carbocycles. The summed E-state index contributed by atoms with van der Waals surface area (Å²) in [4.78, 5) is 23.4. The lowest BCUT2D eigenvalue weighted by Crippen LogP contribution is -2.13. The monoisotopic (exact) mass is 335 g/mol. The third kappa shape index (κ3) is 3.73. The van der Waals surface area contributed by atoms with Gasteiger partial charge >= 0.3 is 5.97 Å². The number of amides is 1. The molecule has 0 aliphatic heterocycles. The molecule has 0 saturated heterocycles. The number of primary amides is 1. The fourth-order valence-corrected chi connectivity index (χ4v) is 2.09. The minimum Gasteiger partial charge on any atom is -0.497 e. The number of halogens is 1. The quantitative estimate of drug-likeness (QED) is 0.670. The summed E-state index contributed by atoms with van der Waals surface area (Å²) in [5.41, 5.74) is 5.66. The largest absolute Gasteiger partial charge is 0.497 e. The molecule has 0 aliphatic rings. The highest BCUT2D eigenvalue weighted by Gasteiger charge is 2.18. The van der Waals surface area contributed by atoms with Gasteiger partial charge in [-0.05, 0) is 36.4 Å². The zero-order valence-corrected chi connectivity index (χ0v) is 13.2. The maximum Gasteiger partial charge on any atom is 0.343 e. The Morgan fingerprint density at radius 1 is 1.00 bits per heavy atom. The molecule has 0 spiro atoms. The summed E-state index contributed by atoms with van der Waals surface area (Å²) in [5, 5.41) is 0.0417. The van der Waals surface area contributed by atoms with Crippen molar-refractivity contribution in [2.45, 2.75) is 0 Å². The molecule has 0 unspecified atom stereocenters. The van der Waals surface area contributed by atoms with Crippen LogP contribution in [0.15, 0.2) is 36.4 Å². The van der Waals surface area contributed by atoms with E-state index in [9.17, 15) is 9.59 Å². The summed E-state index contributed by atoms with van der Waals surface area (Å²) in [6.45, 7) is 0. The van der Waals surface area contributed by atoms with Gasteiger partial charge < -0.3 is 19.9 Å². The van der Waals surface area contributed by atoms with Gasteiger partial charge in [-0.15, -0.1) is 0 Å². The molecule has 120 valence electrons. The second-order valence-corrected chi connectivity index (χ2v) is 4.88. The van der Waals surface area contributed by atoms with E-state index in [4.69, 9.17) is 31.5 Å². The number of ether oxygens (including phenoxy) is 3. The number of hydrogen-bond donors (Lipinski definition) is 1. The summed E-state index contributed by atoms with van der Waals surface area (Å²) in [7, 11) is 2.89. The highest BCUT2D eigenvalue weighted by Crippen LogP contribution is 2.36. The zero-order valence-electron chi connectivity index (χ0n) is 12.5. The van der Waals surface area contributed by atoms with Crippen LogP contribution in [0.2, 0.25) is 5.02 Å². The lowest BCUT2D eigenvalue weighted by atomic mass is 10.2. The average molecular weight is 336 g/mol. The van der Waals surface area contributed by atoms with Crippen LogP contribution in [0.25, 0.3) is 0 Å². The van der Waals surface area contributed by atoms with Crippen LogP contribution >= 0.6 is 11.6 Å². The highest BCUT2D eigenvalue weighted by atomic mass is 35.5. The predicted octanol–water partition coefficient (Wildman–Crippen LogP) is 2.68. The number of hydrogen-bond acceptors (Lipinski definition) is 5. The first-order valence-electron chi connectivity index (χ1n) is 6.49. The molecule has 6 nitrogen and oxygen atoms in total. The number of benzene rings is 2. The predicted molar refractivity (Wildman–Crippen MR) is 84.5 cm³/mol. The van der Waals surface area contributed by atoms with Crippen molar-refractivity contribution in [2.24, 2.45) is 5.73 Å². The van der Waals surface area contributed by atoms with Gasteiger partial charge in [-0.1, -0.05) is 11.6 Å². The van der Waals surface area contributed by atoms with Gasteiger partial charge in [0.15, 0.2) is 11.5 Å². The van der Waals surface area contributed by atoms with Gasteiger partial charge in [-0.2, -0.15) is 0 Å². The molecule has 2 aromatic carbocycles. The van der Waals surface area contributed by atoms with E-state index in [1.807, 2.05) is 0 Å². The van der Waals surface area contributed by atoms with Gasteiger partial charge in [0.2, 0.25) is 5.91 Å². The van der Waals surface area contributed by atoms with Gasteiger partial charge in [0, 0.05) is 5.56 Å². The van der Waals surface area contributed by atoms with Crippen LogP contribution in [0, 0.1) is 0 Å². The fraction of sp³-hybridized carbons (Fsp3) is 0.125. The number of methoxy groups -OCH3 is 2. The van der Waals surface area contributed by atoms with Crippen LogP contribution in [0.4, 0.5) is 0 Å². The van der Waals surface area contributed by atoms with Crippen molar-refractivity contribution in [1.29, 1.82) is 0 Å². The summed E-state index contributed by atoms with van der Waals surface area (Å²) < 4.78 is 15.4. The Hall–Kier alpha value is -2.73. The number of esters is 1. The lowest BCUT2D eigenvalue weighted by molar-refractivity contribution is 0.0730. The van der Waals surface area contributed by atoms with Gasteiger partial charge in [0.05, 0.1) is 24.8 Å². The second-order valence-electron chi connectivity index (χ2n) is 4.47. The van der Waals surface area contributed by atoms with E-state index in [1.54, 1.807) is 24.3 Å². The maximum atomic E-state index is 12.2. The Kier molecular flexibility index (Phi) is 5.08. The van der Waals surface area contributed by atoms with Crippen LogP contribution in [0.1, 0.15) is 20.7 Å². The Morgan fingerprint density at radius 2 is 1.65 bits per heavy atom. The third-order valence-corrected chi connectivity index (χ3v) is 3.32. The smallest absolute Gasteiger partial charge is 0.343 e. The normalized spacial score (nSPS) is 10.0. The van der Waals surface area contributed by atoms with Gasteiger partial charge in [0.25, 0.3) is 0 Å². The Balaban J connectivity index is 2.31. The van der Waals surface area contributed by atoms with E-state index < -0.39 is 11.9 Å². The second kappa shape index (κ2) is 7.02. The molecule has 0 fully saturated rings. The molecule has 0 aromatic heterocycles. The number of nitrogens with two attached hydrogens (primary N) is 1. The van der Waals surface area contributed by atoms with E-state index in [1.165, 1.54) is 26.4 Å². The summed E-state index contributed by atoms with van der Waals surface area (Å²) in [6.07, 6.45) is 0. The summed E-state index contributed by atoms with van der Waals surface area (Å²) >= 11 is 6.05. The first-order valence-corrected chi connectivity index (χ1v) is 6.87. The third-order valence-electron chi connectivity index (χ3n) is 3.03. The van der Waals surface area contributed by atoms with E-state index in [0.29, 0.717) is 11.3 Å². The number of rotatable bonds is 5. The first kappa shape index (κ1) is 16.6. The van der Waals surface area contributed by atoms with Crippen LogP contribution in [-0.4, -0.2) is 26.1 Å². The minimum absolute atomic E-state index is 0.0139. The van der Waals surface area contributed by atoms with Crippen molar-refractivity contribution in [3.8, 4) is 17.2 Å². The van der Waals surface area contributed by atoms with Crippen LogP contribution in [0.3, 0.4) is 0 Å². The molecule has 0 atom stereocenters. The van der Waals surface area contributed by atoms with Gasteiger partial charge in [0.1, 0.15) is 5.75 Å². The standard InChI is InChI=1S/C16H14ClNO5/c1-21-11-5-3-9(4-6-11)16(20)23-14-12(17)7-10(15(18)19)8-13(14)22-2/h3-8H,1-2H3,(H2,18,19). The molecular formula is C16H14ClNO5. The lowest BCUT2D eigenvalue weighted by Gasteiger charge is -2.12. The van der Waals surface area contributed by atoms with Crippen molar-refractivity contribution < 1.29 is 23.8 Å². The number of carbonyl (C=O) groups excluding carboxylic acids is 2. The first-order chi connectivity index (χ1) is 11.0. The SMILES string of the molecule is COc1ccc(C(=O)Oc2c(Cl)cc(C(N)=O)cc2OC)cc1. The van der Waals surface area contributed by atoms with Crippen LogP contribution in [0.5, 0.6) is 17.2 Å². The topological polar surface area (TPSA) is 87.9 Å². The van der Waals surface area contributed by atoms with E-state index in [2.05, 4.69) is 0 Å². The van der Waals surface area contributed by atoms with E-state index in [-0.39, 0.29) is 22.1 Å². The molecule has 2 aromatic rings. The Labute approximate surface area is 137 Å². The van der Waals surface area contributed by atoms with Crippen molar-refractivity contribution >= 4 is 23.5 Å². The molecule has 2 N–H and O–H groups in total.